The summed E-state index contributed by atoms with van der Waals surface area (Å²) in [6, 6.07) is 8.49. The number of benzene rings is 1. The number of rotatable bonds is 7. The molecule has 5 N–H and O–H groups in total. The maximum Gasteiger partial charge on any atom is 0.273 e. The van der Waals surface area contributed by atoms with Crippen LogP contribution < -0.4 is 21.7 Å². The molecule has 1 saturated carbocycles. The zero-order chi connectivity index (χ0) is 25.1. The minimum atomic E-state index is -0.912. The topological polar surface area (TPSA) is 131 Å². The Labute approximate surface area is 212 Å². The van der Waals surface area contributed by atoms with Crippen LogP contribution in [0.4, 0.5) is 11.4 Å². The zero-order valence-corrected chi connectivity index (χ0v) is 21.4. The number of thiophene rings is 1. The summed E-state index contributed by atoms with van der Waals surface area (Å²) in [7, 11) is 0. The van der Waals surface area contributed by atoms with E-state index in [2.05, 4.69) is 9.69 Å². The number of primary amides is 1. The average Bonchev–Trinajstić information content (AvgIpc) is 3.49. The molecule has 0 aliphatic heterocycles. The molecule has 1 atom stereocenters. The van der Waals surface area contributed by atoms with Gasteiger partial charge in [0.15, 0.2) is 11.7 Å². The molecule has 35 heavy (non-hydrogen) atoms. The fraction of sp³-hybridized carbons (Fsp3) is 0.360. The lowest BCUT2D eigenvalue weighted by molar-refractivity contribution is -0.123. The van der Waals surface area contributed by atoms with Crippen molar-refractivity contribution in [2.45, 2.75) is 58.0 Å². The summed E-state index contributed by atoms with van der Waals surface area (Å²) in [5, 5.41) is 5.06. The molecule has 1 aromatic carbocycles. The third-order valence-corrected chi connectivity index (χ3v) is 8.19. The maximum atomic E-state index is 14.0. The van der Waals surface area contributed by atoms with Gasteiger partial charge in [-0.05, 0) is 72.9 Å². The Morgan fingerprint density at radius 1 is 1.11 bits per heavy atom. The molecule has 4 rings (SSSR count). The fourth-order valence-electron chi connectivity index (χ4n) is 4.35. The second-order valence-electron chi connectivity index (χ2n) is 8.84. The molecule has 3 aromatic rings. The highest BCUT2D eigenvalue weighted by Gasteiger charge is 2.37. The summed E-state index contributed by atoms with van der Waals surface area (Å²) in [6.45, 7) is 3.94. The van der Waals surface area contributed by atoms with Gasteiger partial charge in [-0.15, -0.1) is 11.3 Å². The number of aromatic nitrogens is 1. The number of anilines is 2. The lowest BCUT2D eigenvalue weighted by Crippen LogP contribution is -2.47. The minimum absolute atomic E-state index is 0.0704. The first-order valence-corrected chi connectivity index (χ1v) is 13.2. The smallest absolute Gasteiger partial charge is 0.273 e. The SMILES string of the molecule is Cc1ccc(N(C(=O)c2snc(C(N)=O)c2N)C(C(=O)NC2CCCCC2)c2cccs2)cc1C. The molecule has 0 saturated heterocycles. The minimum Gasteiger partial charge on any atom is -0.395 e. The van der Waals surface area contributed by atoms with Crippen molar-refractivity contribution in [2.24, 2.45) is 5.73 Å². The highest BCUT2D eigenvalue weighted by molar-refractivity contribution is 7.10. The van der Waals surface area contributed by atoms with Gasteiger partial charge < -0.3 is 16.8 Å². The highest BCUT2D eigenvalue weighted by Crippen LogP contribution is 2.35. The van der Waals surface area contributed by atoms with Gasteiger partial charge >= 0.3 is 0 Å². The number of hydrogen-bond donors (Lipinski definition) is 3. The first kappa shape index (κ1) is 24.9. The van der Waals surface area contributed by atoms with Crippen LogP contribution in [0.2, 0.25) is 0 Å². The van der Waals surface area contributed by atoms with Gasteiger partial charge in [-0.3, -0.25) is 19.3 Å². The Bertz CT molecular complexity index is 1230. The number of nitrogens with one attached hydrogen (secondary N) is 1. The number of carbonyl (C=O) groups is 3. The van der Waals surface area contributed by atoms with E-state index in [4.69, 9.17) is 11.5 Å². The quantitative estimate of drug-likeness (QED) is 0.434. The molecular formula is C25H29N5O3S2. The molecular weight excluding hydrogens is 482 g/mol. The van der Waals surface area contributed by atoms with Crippen LogP contribution in [0.1, 0.15) is 74.3 Å². The molecule has 1 aliphatic carbocycles. The summed E-state index contributed by atoms with van der Waals surface area (Å²) in [6.07, 6.45) is 5.15. The fourth-order valence-corrected chi connectivity index (χ4v) is 5.90. The first-order valence-electron chi connectivity index (χ1n) is 11.6. The normalized spacial score (nSPS) is 14.9. The number of nitrogens with zero attached hydrogens (tertiary/aromatic N) is 2. The van der Waals surface area contributed by atoms with E-state index in [1.54, 1.807) is 0 Å². The van der Waals surface area contributed by atoms with Gasteiger partial charge in [0.05, 0.1) is 5.69 Å². The molecule has 2 aromatic heterocycles. The van der Waals surface area contributed by atoms with Gasteiger partial charge in [0.1, 0.15) is 4.88 Å². The van der Waals surface area contributed by atoms with Crippen LogP contribution in [0, 0.1) is 13.8 Å². The van der Waals surface area contributed by atoms with E-state index in [0.717, 1.165) is 53.2 Å². The molecule has 184 valence electrons. The van der Waals surface area contributed by atoms with Crippen LogP contribution >= 0.6 is 22.9 Å². The van der Waals surface area contributed by atoms with Crippen LogP contribution in [0.3, 0.4) is 0 Å². The van der Waals surface area contributed by atoms with Crippen LogP contribution in [0.15, 0.2) is 35.7 Å². The average molecular weight is 512 g/mol. The number of aryl methyl sites for hydroxylation is 2. The third kappa shape index (κ3) is 5.23. The summed E-state index contributed by atoms with van der Waals surface area (Å²) >= 11 is 2.22. The van der Waals surface area contributed by atoms with E-state index in [1.807, 2.05) is 49.6 Å². The van der Waals surface area contributed by atoms with Gasteiger partial charge in [-0.2, -0.15) is 4.37 Å². The van der Waals surface area contributed by atoms with Crippen molar-refractivity contribution in [3.63, 3.8) is 0 Å². The van der Waals surface area contributed by atoms with Crippen molar-refractivity contribution in [1.82, 2.24) is 9.69 Å². The molecule has 8 nitrogen and oxygen atoms in total. The largest absolute Gasteiger partial charge is 0.395 e. The Balaban J connectivity index is 1.81. The Kier molecular flexibility index (Phi) is 7.51. The predicted molar refractivity (Wildman–Crippen MR) is 140 cm³/mol. The number of nitrogen functional groups attached to an aromatic ring is 1. The first-order chi connectivity index (χ1) is 16.8. The lowest BCUT2D eigenvalue weighted by Gasteiger charge is -2.32. The highest BCUT2D eigenvalue weighted by atomic mass is 32.1. The van der Waals surface area contributed by atoms with Crippen molar-refractivity contribution in [1.29, 1.82) is 0 Å². The van der Waals surface area contributed by atoms with Crippen molar-refractivity contribution in [3.8, 4) is 0 Å². The summed E-state index contributed by atoms with van der Waals surface area (Å²) in [5.74, 6) is -1.56. The van der Waals surface area contributed by atoms with Gasteiger partial charge in [0.2, 0.25) is 5.91 Å². The Morgan fingerprint density at radius 2 is 1.86 bits per heavy atom. The van der Waals surface area contributed by atoms with Crippen LogP contribution in [-0.2, 0) is 4.79 Å². The second kappa shape index (κ2) is 10.6. The number of nitrogens with two attached hydrogens (primary N) is 2. The summed E-state index contributed by atoms with van der Waals surface area (Å²) in [4.78, 5) is 41.8. The number of carbonyl (C=O) groups excluding carboxylic acids is 3. The monoisotopic (exact) mass is 511 g/mol. The van der Waals surface area contributed by atoms with Crippen molar-refractivity contribution in [2.75, 3.05) is 10.6 Å². The lowest BCUT2D eigenvalue weighted by atomic mass is 9.95. The van der Waals surface area contributed by atoms with Crippen molar-refractivity contribution >= 4 is 52.0 Å². The predicted octanol–water partition coefficient (Wildman–Crippen LogP) is 4.34. The molecule has 0 bridgehead atoms. The molecule has 2 heterocycles. The van der Waals surface area contributed by atoms with Gasteiger partial charge in [-0.25, -0.2) is 0 Å². The van der Waals surface area contributed by atoms with Crippen molar-refractivity contribution in [3.05, 3.63) is 62.3 Å². The van der Waals surface area contributed by atoms with E-state index < -0.39 is 17.9 Å². The van der Waals surface area contributed by atoms with Gasteiger partial charge in [0.25, 0.3) is 11.8 Å². The van der Waals surface area contributed by atoms with Crippen molar-refractivity contribution < 1.29 is 14.4 Å². The van der Waals surface area contributed by atoms with Crippen LogP contribution in [-0.4, -0.2) is 28.1 Å². The maximum absolute atomic E-state index is 14.0. The molecule has 1 fully saturated rings. The standard InChI is InChI=1S/C25H29N5O3S2/c1-14-10-11-17(13-15(14)2)30(25(33)22-19(26)20(23(27)31)29-35-22)21(18-9-6-12-34-18)24(32)28-16-7-4-3-5-8-16/h6,9-13,16,21H,3-5,7-8,26H2,1-2H3,(H2,27,31)(H,28,32). The van der Waals surface area contributed by atoms with Gasteiger partial charge in [-0.1, -0.05) is 31.4 Å². The van der Waals surface area contributed by atoms with E-state index >= 15 is 0 Å². The third-order valence-electron chi connectivity index (χ3n) is 6.41. The number of hydrogen-bond acceptors (Lipinski definition) is 7. The number of amides is 3. The molecule has 10 heteroatoms. The van der Waals surface area contributed by atoms with E-state index in [0.29, 0.717) is 5.69 Å². The summed E-state index contributed by atoms with van der Waals surface area (Å²) < 4.78 is 4.00. The van der Waals surface area contributed by atoms with E-state index in [1.165, 1.54) is 22.7 Å². The van der Waals surface area contributed by atoms with Gasteiger partial charge in [0, 0.05) is 16.6 Å². The molecule has 1 aliphatic rings. The van der Waals surface area contributed by atoms with E-state index in [-0.39, 0.29) is 28.2 Å². The summed E-state index contributed by atoms with van der Waals surface area (Å²) in [5.41, 5.74) is 13.9. The Hall–Kier alpha value is -3.24. The second-order valence-corrected chi connectivity index (χ2v) is 10.6. The van der Waals surface area contributed by atoms with Crippen LogP contribution in [0.25, 0.3) is 0 Å². The van der Waals surface area contributed by atoms with E-state index in [9.17, 15) is 14.4 Å². The zero-order valence-electron chi connectivity index (χ0n) is 19.7. The molecule has 0 spiro atoms. The molecule has 1 unspecified atom stereocenters. The molecule has 3 amide bonds. The molecule has 0 radical (unpaired) electrons. The Morgan fingerprint density at radius 3 is 2.46 bits per heavy atom. The van der Waals surface area contributed by atoms with Crippen LogP contribution in [0.5, 0.6) is 0 Å².